The van der Waals surface area contributed by atoms with E-state index in [2.05, 4.69) is 29.6 Å². The molecule has 0 aromatic heterocycles. The zero-order valence-electron chi connectivity index (χ0n) is 12.4. The maximum atomic E-state index is 9.34. The van der Waals surface area contributed by atoms with Crippen molar-refractivity contribution in [3.63, 3.8) is 0 Å². The van der Waals surface area contributed by atoms with Gasteiger partial charge in [-0.1, -0.05) is 43.5 Å². The first-order valence-corrected chi connectivity index (χ1v) is 8.24. The fourth-order valence-electron chi connectivity index (χ4n) is 3.17. The number of benzene rings is 1. The predicted molar refractivity (Wildman–Crippen MR) is 82.5 cm³/mol. The SMILES string of the molecule is OCC(CNCc1ccc(CC2CCC2)cc1)C1CC1. The molecule has 0 spiro atoms. The molecule has 0 bridgehead atoms. The smallest absolute Gasteiger partial charge is 0.0474 e. The number of hydrogen-bond donors (Lipinski definition) is 2. The van der Waals surface area contributed by atoms with E-state index in [1.807, 2.05) is 0 Å². The van der Waals surface area contributed by atoms with Crippen LogP contribution in [0.4, 0.5) is 0 Å². The molecule has 0 heterocycles. The summed E-state index contributed by atoms with van der Waals surface area (Å²) >= 11 is 0. The van der Waals surface area contributed by atoms with Gasteiger partial charge in [-0.05, 0) is 48.1 Å². The van der Waals surface area contributed by atoms with Gasteiger partial charge in [0.2, 0.25) is 0 Å². The Morgan fingerprint density at radius 1 is 1.05 bits per heavy atom. The highest BCUT2D eigenvalue weighted by molar-refractivity contribution is 5.23. The van der Waals surface area contributed by atoms with Crippen molar-refractivity contribution in [2.45, 2.75) is 45.1 Å². The number of aliphatic hydroxyl groups excluding tert-OH is 1. The van der Waals surface area contributed by atoms with Crippen molar-refractivity contribution in [3.05, 3.63) is 35.4 Å². The molecule has 2 heteroatoms. The van der Waals surface area contributed by atoms with Gasteiger partial charge in [-0.15, -0.1) is 0 Å². The summed E-state index contributed by atoms with van der Waals surface area (Å²) in [7, 11) is 0. The highest BCUT2D eigenvalue weighted by Gasteiger charge is 2.30. The van der Waals surface area contributed by atoms with Crippen LogP contribution >= 0.6 is 0 Å². The van der Waals surface area contributed by atoms with Crippen LogP contribution in [0.25, 0.3) is 0 Å². The van der Waals surface area contributed by atoms with Gasteiger partial charge in [0, 0.05) is 19.7 Å². The van der Waals surface area contributed by atoms with Gasteiger partial charge in [0.05, 0.1) is 0 Å². The lowest BCUT2D eigenvalue weighted by Gasteiger charge is -2.25. The van der Waals surface area contributed by atoms with Crippen LogP contribution in [0.3, 0.4) is 0 Å². The van der Waals surface area contributed by atoms with Crippen LogP contribution in [0, 0.1) is 17.8 Å². The lowest BCUT2D eigenvalue weighted by molar-refractivity contribution is 0.206. The summed E-state index contributed by atoms with van der Waals surface area (Å²) in [5.41, 5.74) is 2.85. The normalized spacial score (nSPS) is 20.6. The molecule has 1 aromatic rings. The molecule has 1 atom stereocenters. The van der Waals surface area contributed by atoms with Crippen LogP contribution < -0.4 is 5.32 Å². The number of nitrogens with one attached hydrogen (secondary N) is 1. The summed E-state index contributed by atoms with van der Waals surface area (Å²) in [6.45, 7) is 2.20. The van der Waals surface area contributed by atoms with Crippen LogP contribution in [-0.4, -0.2) is 18.3 Å². The van der Waals surface area contributed by atoms with E-state index in [4.69, 9.17) is 0 Å². The molecular weight excluding hydrogens is 246 g/mol. The molecule has 0 amide bonds. The molecule has 2 aliphatic rings. The molecule has 20 heavy (non-hydrogen) atoms. The number of rotatable bonds is 8. The van der Waals surface area contributed by atoms with Gasteiger partial charge in [0.15, 0.2) is 0 Å². The van der Waals surface area contributed by atoms with Gasteiger partial charge in [0.25, 0.3) is 0 Å². The molecule has 2 aliphatic carbocycles. The Morgan fingerprint density at radius 2 is 1.75 bits per heavy atom. The minimum absolute atomic E-state index is 0.331. The molecule has 1 unspecified atom stereocenters. The maximum absolute atomic E-state index is 9.34. The van der Waals surface area contributed by atoms with E-state index in [0.29, 0.717) is 12.5 Å². The lowest BCUT2D eigenvalue weighted by atomic mass is 9.81. The first kappa shape index (κ1) is 14.1. The second-order valence-electron chi connectivity index (χ2n) is 6.73. The van der Waals surface area contributed by atoms with Gasteiger partial charge < -0.3 is 10.4 Å². The van der Waals surface area contributed by atoms with E-state index in [9.17, 15) is 5.11 Å². The van der Waals surface area contributed by atoms with Crippen molar-refractivity contribution in [3.8, 4) is 0 Å². The Kier molecular flexibility index (Phi) is 4.74. The van der Waals surface area contributed by atoms with Crippen LogP contribution in [0.1, 0.15) is 43.2 Å². The molecule has 2 saturated carbocycles. The van der Waals surface area contributed by atoms with Gasteiger partial charge >= 0.3 is 0 Å². The molecule has 2 N–H and O–H groups in total. The molecule has 2 nitrogen and oxygen atoms in total. The average Bonchev–Trinajstić information content (AvgIpc) is 3.25. The summed E-state index contributed by atoms with van der Waals surface area (Å²) in [6, 6.07) is 9.09. The van der Waals surface area contributed by atoms with Crippen molar-refractivity contribution in [1.29, 1.82) is 0 Å². The topological polar surface area (TPSA) is 32.3 Å². The Labute approximate surface area is 122 Å². The summed E-state index contributed by atoms with van der Waals surface area (Å²) in [5, 5.41) is 12.8. The van der Waals surface area contributed by atoms with E-state index < -0.39 is 0 Å². The first-order chi connectivity index (χ1) is 9.85. The highest BCUT2D eigenvalue weighted by atomic mass is 16.3. The van der Waals surface area contributed by atoms with Gasteiger partial charge in [-0.2, -0.15) is 0 Å². The average molecular weight is 273 g/mol. The Morgan fingerprint density at radius 3 is 2.30 bits per heavy atom. The minimum Gasteiger partial charge on any atom is -0.396 e. The van der Waals surface area contributed by atoms with Crippen molar-refractivity contribution >= 4 is 0 Å². The maximum Gasteiger partial charge on any atom is 0.0474 e. The monoisotopic (exact) mass is 273 g/mol. The fourth-order valence-corrected chi connectivity index (χ4v) is 3.17. The van der Waals surface area contributed by atoms with E-state index >= 15 is 0 Å². The highest BCUT2D eigenvalue weighted by Crippen LogP contribution is 2.36. The zero-order chi connectivity index (χ0) is 13.8. The van der Waals surface area contributed by atoms with Gasteiger partial charge in [-0.25, -0.2) is 0 Å². The molecule has 0 radical (unpaired) electrons. The second kappa shape index (κ2) is 6.73. The Balaban J connectivity index is 1.40. The van der Waals surface area contributed by atoms with Crippen LogP contribution in [0.5, 0.6) is 0 Å². The van der Waals surface area contributed by atoms with Crippen LogP contribution in [0.2, 0.25) is 0 Å². The summed E-state index contributed by atoms with van der Waals surface area (Å²) in [6.07, 6.45) is 8.16. The van der Waals surface area contributed by atoms with Gasteiger partial charge in [-0.3, -0.25) is 0 Å². The van der Waals surface area contributed by atoms with Crippen LogP contribution in [-0.2, 0) is 13.0 Å². The third kappa shape index (κ3) is 3.83. The number of hydrogen-bond acceptors (Lipinski definition) is 2. The second-order valence-corrected chi connectivity index (χ2v) is 6.73. The molecule has 2 fully saturated rings. The minimum atomic E-state index is 0.331. The molecular formula is C18H27NO. The van der Waals surface area contributed by atoms with Gasteiger partial charge in [0.1, 0.15) is 0 Å². The quantitative estimate of drug-likeness (QED) is 0.762. The number of aliphatic hydroxyl groups is 1. The van der Waals surface area contributed by atoms with Crippen molar-refractivity contribution in [2.75, 3.05) is 13.2 Å². The van der Waals surface area contributed by atoms with E-state index in [1.165, 1.54) is 49.7 Å². The van der Waals surface area contributed by atoms with Crippen molar-refractivity contribution in [2.24, 2.45) is 17.8 Å². The third-order valence-corrected chi connectivity index (χ3v) is 5.03. The molecule has 0 aliphatic heterocycles. The van der Waals surface area contributed by atoms with E-state index in [-0.39, 0.29) is 0 Å². The summed E-state index contributed by atoms with van der Waals surface area (Å²) in [4.78, 5) is 0. The predicted octanol–water partition coefficient (Wildman–Crippen LogP) is 3.14. The molecule has 3 rings (SSSR count). The third-order valence-electron chi connectivity index (χ3n) is 5.03. The largest absolute Gasteiger partial charge is 0.396 e. The Bertz CT molecular complexity index is 406. The Hall–Kier alpha value is -0.860. The lowest BCUT2D eigenvalue weighted by Crippen LogP contribution is -2.26. The van der Waals surface area contributed by atoms with Crippen molar-refractivity contribution < 1.29 is 5.11 Å². The molecule has 1 aromatic carbocycles. The van der Waals surface area contributed by atoms with Crippen LogP contribution in [0.15, 0.2) is 24.3 Å². The fraction of sp³-hybridized carbons (Fsp3) is 0.667. The van der Waals surface area contributed by atoms with Crippen molar-refractivity contribution in [1.82, 2.24) is 5.32 Å². The first-order valence-electron chi connectivity index (χ1n) is 8.24. The standard InChI is InChI=1S/C18H27NO/c20-13-18(17-8-9-17)12-19-11-16-6-4-15(5-7-16)10-14-2-1-3-14/h4-7,14,17-20H,1-3,8-13H2. The van der Waals surface area contributed by atoms with E-state index in [1.54, 1.807) is 0 Å². The summed E-state index contributed by atoms with van der Waals surface area (Å²) in [5.74, 6) is 2.19. The molecule has 0 saturated heterocycles. The molecule has 110 valence electrons. The summed E-state index contributed by atoms with van der Waals surface area (Å²) < 4.78 is 0. The zero-order valence-corrected chi connectivity index (χ0v) is 12.4. The van der Waals surface area contributed by atoms with E-state index in [0.717, 1.165) is 24.9 Å².